The van der Waals surface area contributed by atoms with Gasteiger partial charge in [-0.25, -0.2) is 0 Å². The Bertz CT molecular complexity index is 863. The second-order valence-corrected chi connectivity index (χ2v) is 8.27. The number of amides is 3. The summed E-state index contributed by atoms with van der Waals surface area (Å²) in [5, 5.41) is 2.51. The van der Waals surface area contributed by atoms with E-state index in [2.05, 4.69) is 10.1 Å². The SMILES string of the molecule is CC(C)CN(C1CC1)[C@@H](C(N)=O)C(=O)Nc1ccc(N2CCOCC2=O)cc1OC(F)F. The molecular formula is C21H28F2N4O5. The number of hydrogen-bond acceptors (Lipinski definition) is 6. The van der Waals surface area contributed by atoms with Gasteiger partial charge < -0.3 is 25.4 Å². The lowest BCUT2D eigenvalue weighted by Gasteiger charge is -2.30. The Kier molecular flexibility index (Phi) is 7.62. The van der Waals surface area contributed by atoms with Crippen LogP contribution in [-0.2, 0) is 19.1 Å². The maximum atomic E-state index is 13.0. The number of rotatable bonds is 10. The van der Waals surface area contributed by atoms with Crippen LogP contribution in [0.2, 0.25) is 0 Å². The maximum absolute atomic E-state index is 13.0. The Balaban J connectivity index is 1.85. The van der Waals surface area contributed by atoms with E-state index in [1.807, 2.05) is 13.8 Å². The fourth-order valence-electron chi connectivity index (χ4n) is 3.70. The third-order valence-corrected chi connectivity index (χ3v) is 5.18. The van der Waals surface area contributed by atoms with E-state index in [0.29, 0.717) is 18.8 Å². The standard InChI is InChI=1S/C21H28F2N4O5/c1-12(2)10-27(13-3-4-13)18(19(24)29)20(30)25-15-6-5-14(9-16(15)32-21(22)23)26-7-8-31-11-17(26)28/h5-6,9,12-13,18,21H,3-4,7-8,10-11H2,1-2H3,(H2,24,29)(H,25,30)/t18-/m0/s1. The van der Waals surface area contributed by atoms with Crippen molar-refractivity contribution in [3.8, 4) is 5.75 Å². The van der Waals surface area contributed by atoms with Gasteiger partial charge in [-0.2, -0.15) is 8.78 Å². The lowest BCUT2D eigenvalue weighted by Crippen LogP contribution is -2.54. The number of halogens is 2. The number of nitrogens with zero attached hydrogens (tertiary/aromatic N) is 2. The molecule has 3 amide bonds. The zero-order chi connectivity index (χ0) is 23.4. The molecule has 0 radical (unpaired) electrons. The molecule has 0 spiro atoms. The number of ether oxygens (including phenoxy) is 2. The molecule has 11 heteroatoms. The first-order valence-electron chi connectivity index (χ1n) is 10.5. The van der Waals surface area contributed by atoms with Crippen molar-refractivity contribution in [3.05, 3.63) is 18.2 Å². The van der Waals surface area contributed by atoms with Gasteiger partial charge in [-0.15, -0.1) is 0 Å². The Labute approximate surface area is 184 Å². The van der Waals surface area contributed by atoms with E-state index in [1.165, 1.54) is 23.1 Å². The third-order valence-electron chi connectivity index (χ3n) is 5.18. The molecule has 1 aliphatic heterocycles. The van der Waals surface area contributed by atoms with E-state index in [9.17, 15) is 23.2 Å². The number of alkyl halides is 2. The summed E-state index contributed by atoms with van der Waals surface area (Å²) in [6.07, 6.45) is 1.71. The normalized spacial score (nSPS) is 17.7. The summed E-state index contributed by atoms with van der Waals surface area (Å²) in [6.45, 7) is 1.71. The van der Waals surface area contributed by atoms with Gasteiger partial charge in [-0.1, -0.05) is 13.8 Å². The topological polar surface area (TPSA) is 114 Å². The zero-order valence-corrected chi connectivity index (χ0v) is 18.1. The van der Waals surface area contributed by atoms with Crippen LogP contribution in [0.25, 0.3) is 0 Å². The summed E-state index contributed by atoms with van der Waals surface area (Å²) < 4.78 is 35.8. The van der Waals surface area contributed by atoms with Crippen LogP contribution in [0.5, 0.6) is 5.75 Å². The van der Waals surface area contributed by atoms with E-state index in [-0.39, 0.29) is 42.5 Å². The van der Waals surface area contributed by atoms with Crippen LogP contribution in [0.3, 0.4) is 0 Å². The summed E-state index contributed by atoms with van der Waals surface area (Å²) in [5.41, 5.74) is 5.82. The average Bonchev–Trinajstić information content (AvgIpc) is 3.53. The number of nitrogens with two attached hydrogens (primary N) is 1. The predicted octanol–water partition coefficient (Wildman–Crippen LogP) is 1.56. The lowest BCUT2D eigenvalue weighted by molar-refractivity contribution is -0.133. The number of nitrogens with one attached hydrogen (secondary N) is 1. The molecule has 1 saturated heterocycles. The van der Waals surface area contributed by atoms with E-state index in [0.717, 1.165) is 12.8 Å². The summed E-state index contributed by atoms with van der Waals surface area (Å²) >= 11 is 0. The Hall–Kier alpha value is -2.79. The Morgan fingerprint density at radius 3 is 2.62 bits per heavy atom. The number of benzene rings is 1. The lowest BCUT2D eigenvalue weighted by atomic mass is 10.1. The monoisotopic (exact) mass is 454 g/mol. The summed E-state index contributed by atoms with van der Waals surface area (Å²) in [7, 11) is 0. The molecule has 2 fully saturated rings. The third kappa shape index (κ3) is 5.92. The number of hydrogen-bond donors (Lipinski definition) is 2. The maximum Gasteiger partial charge on any atom is 0.387 e. The van der Waals surface area contributed by atoms with Crippen molar-refractivity contribution >= 4 is 29.1 Å². The van der Waals surface area contributed by atoms with E-state index in [1.54, 1.807) is 4.90 Å². The molecule has 1 atom stereocenters. The molecule has 1 heterocycles. The van der Waals surface area contributed by atoms with Gasteiger partial charge in [-0.3, -0.25) is 19.3 Å². The molecule has 1 aliphatic carbocycles. The Morgan fingerprint density at radius 1 is 1.34 bits per heavy atom. The molecule has 1 saturated carbocycles. The molecular weight excluding hydrogens is 426 g/mol. The van der Waals surface area contributed by atoms with Gasteiger partial charge in [0.15, 0.2) is 11.8 Å². The van der Waals surface area contributed by atoms with Crippen molar-refractivity contribution in [1.82, 2.24) is 4.90 Å². The zero-order valence-electron chi connectivity index (χ0n) is 18.1. The summed E-state index contributed by atoms with van der Waals surface area (Å²) in [5.74, 6) is -2.00. The fraction of sp³-hybridized carbons (Fsp3) is 0.571. The van der Waals surface area contributed by atoms with Crippen molar-refractivity contribution in [1.29, 1.82) is 0 Å². The van der Waals surface area contributed by atoms with Crippen LogP contribution in [0, 0.1) is 5.92 Å². The van der Waals surface area contributed by atoms with E-state index < -0.39 is 24.5 Å². The van der Waals surface area contributed by atoms with Gasteiger partial charge >= 0.3 is 6.61 Å². The van der Waals surface area contributed by atoms with Crippen LogP contribution in [-0.4, -0.2) is 67.6 Å². The highest BCUT2D eigenvalue weighted by molar-refractivity contribution is 6.10. The minimum absolute atomic E-state index is 0.0497. The number of anilines is 2. The number of carbonyl (C=O) groups excluding carboxylic acids is 3. The first-order valence-corrected chi connectivity index (χ1v) is 10.5. The number of carbonyl (C=O) groups is 3. The van der Waals surface area contributed by atoms with Gasteiger partial charge in [-0.05, 0) is 30.9 Å². The van der Waals surface area contributed by atoms with Crippen LogP contribution >= 0.6 is 0 Å². The Morgan fingerprint density at radius 2 is 2.06 bits per heavy atom. The van der Waals surface area contributed by atoms with Crippen LogP contribution in [0.4, 0.5) is 20.2 Å². The van der Waals surface area contributed by atoms with E-state index in [4.69, 9.17) is 10.5 Å². The van der Waals surface area contributed by atoms with Crippen molar-refractivity contribution in [2.45, 2.75) is 45.4 Å². The molecule has 1 aromatic rings. The second-order valence-electron chi connectivity index (χ2n) is 8.27. The second kappa shape index (κ2) is 10.2. The molecule has 9 nitrogen and oxygen atoms in total. The molecule has 0 bridgehead atoms. The minimum Gasteiger partial charge on any atom is -0.433 e. The summed E-state index contributed by atoms with van der Waals surface area (Å²) in [4.78, 5) is 40.4. The fourth-order valence-corrected chi connectivity index (χ4v) is 3.70. The smallest absolute Gasteiger partial charge is 0.387 e. The van der Waals surface area contributed by atoms with Crippen molar-refractivity contribution in [3.63, 3.8) is 0 Å². The largest absolute Gasteiger partial charge is 0.433 e. The highest BCUT2D eigenvalue weighted by Gasteiger charge is 2.40. The highest BCUT2D eigenvalue weighted by Crippen LogP contribution is 2.33. The van der Waals surface area contributed by atoms with Crippen molar-refractivity contribution in [2.75, 3.05) is 36.5 Å². The number of morpholine rings is 1. The quantitative estimate of drug-likeness (QED) is 0.519. The average molecular weight is 454 g/mol. The van der Waals surface area contributed by atoms with Gasteiger partial charge in [0, 0.05) is 30.9 Å². The van der Waals surface area contributed by atoms with Gasteiger partial charge in [0.25, 0.3) is 11.8 Å². The van der Waals surface area contributed by atoms with Crippen LogP contribution in [0.1, 0.15) is 26.7 Å². The van der Waals surface area contributed by atoms with Gasteiger partial charge in [0.05, 0.1) is 12.3 Å². The predicted molar refractivity (Wildman–Crippen MR) is 112 cm³/mol. The van der Waals surface area contributed by atoms with Gasteiger partial charge in [0.1, 0.15) is 6.61 Å². The molecule has 1 aromatic carbocycles. The summed E-state index contributed by atoms with van der Waals surface area (Å²) in [6, 6.07) is 2.94. The van der Waals surface area contributed by atoms with Crippen LogP contribution < -0.4 is 20.7 Å². The molecule has 0 aromatic heterocycles. The van der Waals surface area contributed by atoms with Crippen molar-refractivity contribution in [2.24, 2.45) is 11.7 Å². The van der Waals surface area contributed by atoms with Crippen molar-refractivity contribution < 1.29 is 32.6 Å². The molecule has 176 valence electrons. The molecule has 3 N–H and O–H groups in total. The minimum atomic E-state index is -3.16. The van der Waals surface area contributed by atoms with Gasteiger partial charge in [0.2, 0.25) is 5.91 Å². The first kappa shape index (κ1) is 23.9. The first-order chi connectivity index (χ1) is 15.2. The molecule has 2 aliphatic rings. The molecule has 0 unspecified atom stereocenters. The highest BCUT2D eigenvalue weighted by atomic mass is 19.3. The van der Waals surface area contributed by atoms with E-state index >= 15 is 0 Å². The van der Waals surface area contributed by atoms with Crippen LogP contribution in [0.15, 0.2) is 18.2 Å². The molecule has 3 rings (SSSR count). The molecule has 32 heavy (non-hydrogen) atoms. The number of primary amides is 1.